The van der Waals surface area contributed by atoms with Gasteiger partial charge in [-0.3, -0.25) is 14.5 Å². The molecule has 0 bridgehead atoms. The molecule has 0 aliphatic carbocycles. The Kier molecular flexibility index (Phi) is 4.87. The number of nitrogens with one attached hydrogen (secondary N) is 1. The van der Waals surface area contributed by atoms with Gasteiger partial charge in [-0.15, -0.1) is 0 Å². The normalized spacial score (nSPS) is 17.8. The zero-order chi connectivity index (χ0) is 18.0. The summed E-state index contributed by atoms with van der Waals surface area (Å²) in [6.45, 7) is 3.56. The van der Waals surface area contributed by atoms with Gasteiger partial charge >= 0.3 is 0 Å². The Morgan fingerprint density at radius 3 is 2.80 bits per heavy atom. The van der Waals surface area contributed by atoms with Crippen LogP contribution < -0.4 is 4.72 Å². The Balaban J connectivity index is 1.82. The van der Waals surface area contributed by atoms with Crippen LogP contribution in [0, 0.1) is 12.8 Å². The first-order chi connectivity index (χ1) is 11.8. The second kappa shape index (κ2) is 6.93. The lowest BCUT2D eigenvalue weighted by atomic mass is 10.1. The highest BCUT2D eigenvalue weighted by atomic mass is 32.2. The third kappa shape index (κ3) is 4.43. The highest BCUT2D eigenvalue weighted by molar-refractivity contribution is 7.88. The van der Waals surface area contributed by atoms with E-state index in [1.165, 1.54) is 0 Å². The van der Waals surface area contributed by atoms with E-state index in [9.17, 15) is 13.2 Å². The standard InChI is InChI=1S/C16H21N5O3S/c1-12-3-4-14(8-17-12)16(22)20-9-13(7-19-25(2,23)24)10-21-15(11-20)5-6-18-21/h3-6,8,13,19H,7,9-11H2,1-2H3/t13-/m0/s1. The molecule has 0 spiro atoms. The molecule has 2 aromatic rings. The van der Waals surface area contributed by atoms with Gasteiger partial charge in [0.05, 0.1) is 24.1 Å². The number of hydrogen-bond donors (Lipinski definition) is 1. The number of sulfonamides is 1. The second-order valence-corrected chi connectivity index (χ2v) is 8.20. The van der Waals surface area contributed by atoms with E-state index in [2.05, 4.69) is 14.8 Å². The number of aryl methyl sites for hydroxylation is 1. The fourth-order valence-electron chi connectivity index (χ4n) is 2.86. The number of pyridine rings is 1. The van der Waals surface area contributed by atoms with Gasteiger partial charge in [-0.25, -0.2) is 13.1 Å². The van der Waals surface area contributed by atoms with E-state index in [1.807, 2.05) is 17.7 Å². The molecule has 0 aromatic carbocycles. The second-order valence-electron chi connectivity index (χ2n) is 6.37. The number of nitrogens with zero attached hydrogens (tertiary/aromatic N) is 4. The first kappa shape index (κ1) is 17.6. The molecule has 1 aliphatic rings. The molecule has 1 atom stereocenters. The van der Waals surface area contributed by atoms with Gasteiger partial charge in [0, 0.05) is 43.6 Å². The minimum absolute atomic E-state index is 0.0711. The van der Waals surface area contributed by atoms with Crippen LogP contribution in [-0.2, 0) is 23.1 Å². The van der Waals surface area contributed by atoms with Crippen LogP contribution in [0.2, 0.25) is 0 Å². The quantitative estimate of drug-likeness (QED) is 0.848. The van der Waals surface area contributed by atoms with Crippen molar-refractivity contribution in [1.82, 2.24) is 24.4 Å². The number of aromatic nitrogens is 3. The Morgan fingerprint density at radius 1 is 1.32 bits per heavy atom. The van der Waals surface area contributed by atoms with Crippen molar-refractivity contribution in [2.75, 3.05) is 19.3 Å². The third-order valence-corrected chi connectivity index (χ3v) is 4.84. The number of rotatable bonds is 4. The van der Waals surface area contributed by atoms with E-state index in [-0.39, 0.29) is 18.4 Å². The Morgan fingerprint density at radius 2 is 2.12 bits per heavy atom. The minimum Gasteiger partial charge on any atom is -0.332 e. The molecule has 0 radical (unpaired) electrons. The van der Waals surface area contributed by atoms with Crippen molar-refractivity contribution in [3.05, 3.63) is 47.5 Å². The molecule has 0 saturated heterocycles. The van der Waals surface area contributed by atoms with Gasteiger partial charge in [-0.1, -0.05) is 0 Å². The molecule has 2 aromatic heterocycles. The number of amides is 1. The smallest absolute Gasteiger partial charge is 0.255 e. The molecule has 134 valence electrons. The third-order valence-electron chi connectivity index (χ3n) is 4.15. The van der Waals surface area contributed by atoms with Crippen LogP contribution in [0.5, 0.6) is 0 Å². The van der Waals surface area contributed by atoms with Crippen LogP contribution in [0.15, 0.2) is 30.6 Å². The SMILES string of the molecule is Cc1ccc(C(=O)N2Cc3ccnn3C[C@@H](CNS(C)(=O)=O)C2)cn1. The van der Waals surface area contributed by atoms with Crippen molar-refractivity contribution in [2.24, 2.45) is 5.92 Å². The predicted octanol–water partition coefficient (Wildman–Crippen LogP) is 0.408. The van der Waals surface area contributed by atoms with E-state index < -0.39 is 10.0 Å². The summed E-state index contributed by atoms with van der Waals surface area (Å²) < 4.78 is 27.2. The van der Waals surface area contributed by atoms with Gasteiger partial charge in [-0.2, -0.15) is 5.10 Å². The minimum atomic E-state index is -3.29. The molecule has 0 fully saturated rings. The summed E-state index contributed by atoms with van der Waals surface area (Å²) in [7, 11) is -3.29. The largest absolute Gasteiger partial charge is 0.332 e. The van der Waals surface area contributed by atoms with Crippen LogP contribution in [0.4, 0.5) is 0 Å². The van der Waals surface area contributed by atoms with Crippen molar-refractivity contribution in [1.29, 1.82) is 0 Å². The van der Waals surface area contributed by atoms with Crippen LogP contribution in [0.1, 0.15) is 21.7 Å². The maximum atomic E-state index is 12.9. The molecular weight excluding hydrogens is 342 g/mol. The average Bonchev–Trinajstić information content (AvgIpc) is 2.90. The molecule has 0 unspecified atom stereocenters. The summed E-state index contributed by atoms with van der Waals surface area (Å²) in [4.78, 5) is 18.8. The highest BCUT2D eigenvalue weighted by Gasteiger charge is 2.26. The van der Waals surface area contributed by atoms with E-state index >= 15 is 0 Å². The van der Waals surface area contributed by atoms with Crippen LogP contribution in [0.3, 0.4) is 0 Å². The topological polar surface area (TPSA) is 97.2 Å². The lowest BCUT2D eigenvalue weighted by molar-refractivity contribution is 0.0722. The van der Waals surface area contributed by atoms with E-state index in [4.69, 9.17) is 0 Å². The first-order valence-corrected chi connectivity index (χ1v) is 9.88. The monoisotopic (exact) mass is 363 g/mol. The van der Waals surface area contributed by atoms with Crippen LogP contribution in [-0.4, -0.2) is 53.3 Å². The molecule has 3 rings (SSSR count). The summed E-state index contributed by atoms with van der Waals surface area (Å²) in [6.07, 6.45) is 4.39. The van der Waals surface area contributed by atoms with Crippen molar-refractivity contribution in [3.8, 4) is 0 Å². The van der Waals surface area contributed by atoms with Crippen molar-refractivity contribution in [3.63, 3.8) is 0 Å². The maximum Gasteiger partial charge on any atom is 0.255 e. The fourth-order valence-corrected chi connectivity index (χ4v) is 3.40. The zero-order valence-electron chi connectivity index (χ0n) is 14.2. The summed E-state index contributed by atoms with van der Waals surface area (Å²) in [6, 6.07) is 5.44. The van der Waals surface area contributed by atoms with E-state index in [0.29, 0.717) is 25.2 Å². The molecule has 1 N–H and O–H groups in total. The predicted molar refractivity (Wildman–Crippen MR) is 92.3 cm³/mol. The van der Waals surface area contributed by atoms with Crippen molar-refractivity contribution in [2.45, 2.75) is 20.0 Å². The zero-order valence-corrected chi connectivity index (χ0v) is 15.0. The lowest BCUT2D eigenvalue weighted by Crippen LogP contribution is -2.38. The summed E-state index contributed by atoms with van der Waals surface area (Å²) in [5, 5.41) is 4.28. The molecule has 9 heteroatoms. The van der Waals surface area contributed by atoms with Gasteiger partial charge in [-0.05, 0) is 25.1 Å². The Hall–Kier alpha value is -2.26. The molecule has 1 amide bonds. The van der Waals surface area contributed by atoms with Gasteiger partial charge in [0.2, 0.25) is 10.0 Å². The molecule has 0 saturated carbocycles. The average molecular weight is 363 g/mol. The highest BCUT2D eigenvalue weighted by Crippen LogP contribution is 2.18. The van der Waals surface area contributed by atoms with Crippen molar-refractivity contribution >= 4 is 15.9 Å². The van der Waals surface area contributed by atoms with E-state index in [1.54, 1.807) is 29.4 Å². The summed E-state index contributed by atoms with van der Waals surface area (Å²) in [5.74, 6) is -0.190. The van der Waals surface area contributed by atoms with Crippen LogP contribution in [0.25, 0.3) is 0 Å². The Labute approximate surface area is 146 Å². The maximum absolute atomic E-state index is 12.9. The number of carbonyl (C=O) groups is 1. The number of hydrogen-bond acceptors (Lipinski definition) is 5. The first-order valence-electron chi connectivity index (χ1n) is 7.99. The molecule has 8 nitrogen and oxygen atoms in total. The molecule has 25 heavy (non-hydrogen) atoms. The lowest BCUT2D eigenvalue weighted by Gasteiger charge is -2.24. The van der Waals surface area contributed by atoms with Crippen LogP contribution >= 0.6 is 0 Å². The fraction of sp³-hybridized carbons (Fsp3) is 0.438. The number of fused-ring (bicyclic) bond motifs is 1. The summed E-state index contributed by atoms with van der Waals surface area (Å²) in [5.41, 5.74) is 2.30. The molecular formula is C16H21N5O3S. The van der Waals surface area contributed by atoms with E-state index in [0.717, 1.165) is 17.6 Å². The molecule has 3 heterocycles. The van der Waals surface area contributed by atoms with Gasteiger partial charge in [0.15, 0.2) is 0 Å². The van der Waals surface area contributed by atoms with Gasteiger partial charge in [0.25, 0.3) is 5.91 Å². The summed E-state index contributed by atoms with van der Waals surface area (Å²) >= 11 is 0. The molecule has 1 aliphatic heterocycles. The van der Waals surface area contributed by atoms with Gasteiger partial charge in [0.1, 0.15) is 0 Å². The Bertz CT molecular complexity index is 860. The number of carbonyl (C=O) groups excluding carboxylic acids is 1. The van der Waals surface area contributed by atoms with Gasteiger partial charge < -0.3 is 4.90 Å². The van der Waals surface area contributed by atoms with Crippen molar-refractivity contribution < 1.29 is 13.2 Å².